The summed E-state index contributed by atoms with van der Waals surface area (Å²) in [6.07, 6.45) is 7.14. The third kappa shape index (κ3) is 4.48. The summed E-state index contributed by atoms with van der Waals surface area (Å²) < 4.78 is 10.5. The number of aliphatic hydroxyl groups is 1. The fourth-order valence-corrected chi connectivity index (χ4v) is 2.96. The van der Waals surface area contributed by atoms with Crippen LogP contribution in [0.2, 0.25) is 0 Å². The second-order valence-electron chi connectivity index (χ2n) is 5.64. The lowest BCUT2D eigenvalue weighted by molar-refractivity contribution is -0.129. The van der Waals surface area contributed by atoms with E-state index >= 15 is 0 Å². The molecule has 5 nitrogen and oxygen atoms in total. The molecule has 0 radical (unpaired) electrons. The van der Waals surface area contributed by atoms with Crippen molar-refractivity contribution in [2.75, 3.05) is 27.4 Å². The quantitative estimate of drug-likeness (QED) is 0.819. The monoisotopic (exact) mass is 319 g/mol. The lowest BCUT2D eigenvalue weighted by Crippen LogP contribution is -2.43. The molecule has 0 spiro atoms. The topological polar surface area (TPSA) is 59.0 Å². The Morgan fingerprint density at radius 2 is 2.09 bits per heavy atom. The van der Waals surface area contributed by atoms with Crippen LogP contribution in [0, 0.1) is 0 Å². The van der Waals surface area contributed by atoms with Crippen LogP contribution in [0.5, 0.6) is 11.5 Å². The van der Waals surface area contributed by atoms with E-state index in [4.69, 9.17) is 14.6 Å². The van der Waals surface area contributed by atoms with Crippen LogP contribution >= 0.6 is 0 Å². The van der Waals surface area contributed by atoms with Crippen LogP contribution in [0.3, 0.4) is 0 Å². The van der Waals surface area contributed by atoms with Crippen LogP contribution in [-0.4, -0.2) is 49.3 Å². The van der Waals surface area contributed by atoms with Gasteiger partial charge in [0.2, 0.25) is 5.91 Å². The van der Waals surface area contributed by atoms with Crippen LogP contribution in [0.15, 0.2) is 24.3 Å². The van der Waals surface area contributed by atoms with Gasteiger partial charge in [-0.1, -0.05) is 6.07 Å². The van der Waals surface area contributed by atoms with Crippen molar-refractivity contribution >= 4 is 12.0 Å². The maximum atomic E-state index is 12.4. The van der Waals surface area contributed by atoms with E-state index in [-0.39, 0.29) is 18.6 Å². The van der Waals surface area contributed by atoms with Crippen molar-refractivity contribution in [3.8, 4) is 11.5 Å². The predicted molar refractivity (Wildman–Crippen MR) is 89.6 cm³/mol. The molecule has 0 saturated carbocycles. The molecular formula is C18H25NO4. The second kappa shape index (κ2) is 8.58. The minimum Gasteiger partial charge on any atom is -0.493 e. The number of methoxy groups -OCH3 is 2. The van der Waals surface area contributed by atoms with Crippen LogP contribution in [0.25, 0.3) is 6.08 Å². The maximum Gasteiger partial charge on any atom is 0.246 e. The average Bonchev–Trinajstić information content (AvgIpc) is 2.60. The van der Waals surface area contributed by atoms with Gasteiger partial charge in [-0.3, -0.25) is 4.79 Å². The summed E-state index contributed by atoms with van der Waals surface area (Å²) in [6, 6.07) is 5.69. The first-order valence-electron chi connectivity index (χ1n) is 8.01. The fraction of sp³-hybridized carbons (Fsp3) is 0.500. The SMILES string of the molecule is COc1ccc(/C=C/C(=O)N2CCCCC2CCO)cc1OC. The Morgan fingerprint density at radius 3 is 2.78 bits per heavy atom. The summed E-state index contributed by atoms with van der Waals surface area (Å²) in [7, 11) is 3.18. The van der Waals surface area contributed by atoms with E-state index in [1.54, 1.807) is 26.4 Å². The number of benzene rings is 1. The molecule has 23 heavy (non-hydrogen) atoms. The summed E-state index contributed by atoms with van der Waals surface area (Å²) >= 11 is 0. The van der Waals surface area contributed by atoms with Gasteiger partial charge < -0.3 is 19.5 Å². The largest absolute Gasteiger partial charge is 0.493 e. The van der Waals surface area contributed by atoms with Crippen LogP contribution < -0.4 is 9.47 Å². The van der Waals surface area contributed by atoms with Gasteiger partial charge >= 0.3 is 0 Å². The molecule has 1 aromatic rings. The molecule has 5 heteroatoms. The molecule has 1 atom stereocenters. The molecule has 1 aromatic carbocycles. The van der Waals surface area contributed by atoms with E-state index < -0.39 is 0 Å². The lowest BCUT2D eigenvalue weighted by atomic mass is 9.99. The number of piperidine rings is 1. The number of carbonyl (C=O) groups is 1. The lowest BCUT2D eigenvalue weighted by Gasteiger charge is -2.34. The zero-order valence-electron chi connectivity index (χ0n) is 13.8. The first-order valence-corrected chi connectivity index (χ1v) is 8.01. The minimum atomic E-state index is -0.00191. The highest BCUT2D eigenvalue weighted by Gasteiger charge is 2.24. The van der Waals surface area contributed by atoms with Gasteiger partial charge in [0.25, 0.3) is 0 Å². The normalized spacial score (nSPS) is 18.2. The van der Waals surface area contributed by atoms with E-state index in [9.17, 15) is 4.79 Å². The average molecular weight is 319 g/mol. The van der Waals surface area contributed by atoms with Gasteiger partial charge in [0.1, 0.15) is 0 Å². The van der Waals surface area contributed by atoms with E-state index in [0.717, 1.165) is 31.4 Å². The molecule has 1 unspecified atom stereocenters. The van der Waals surface area contributed by atoms with Gasteiger partial charge in [-0.05, 0) is 49.5 Å². The van der Waals surface area contributed by atoms with Gasteiger partial charge in [-0.2, -0.15) is 0 Å². The highest BCUT2D eigenvalue weighted by molar-refractivity contribution is 5.92. The minimum absolute atomic E-state index is 0.00191. The van der Waals surface area contributed by atoms with Crippen molar-refractivity contribution in [1.29, 1.82) is 0 Å². The number of aliphatic hydroxyl groups excluding tert-OH is 1. The Balaban J connectivity index is 2.07. The number of hydrogen-bond acceptors (Lipinski definition) is 4. The first kappa shape index (κ1) is 17.3. The van der Waals surface area contributed by atoms with E-state index in [1.807, 2.05) is 23.1 Å². The van der Waals surface area contributed by atoms with Crippen LogP contribution in [0.4, 0.5) is 0 Å². The van der Waals surface area contributed by atoms with Gasteiger partial charge in [0.05, 0.1) is 14.2 Å². The number of likely N-dealkylation sites (tertiary alicyclic amines) is 1. The van der Waals surface area contributed by atoms with Gasteiger partial charge in [-0.25, -0.2) is 0 Å². The van der Waals surface area contributed by atoms with Crippen molar-refractivity contribution in [3.05, 3.63) is 29.8 Å². The molecule has 1 fully saturated rings. The summed E-state index contributed by atoms with van der Waals surface area (Å²) in [5, 5.41) is 9.15. The highest BCUT2D eigenvalue weighted by Crippen LogP contribution is 2.28. The number of carbonyl (C=O) groups excluding carboxylic acids is 1. The number of hydrogen-bond donors (Lipinski definition) is 1. The van der Waals surface area contributed by atoms with E-state index in [0.29, 0.717) is 17.9 Å². The summed E-state index contributed by atoms with van der Waals surface area (Å²) in [6.45, 7) is 0.883. The van der Waals surface area contributed by atoms with E-state index in [1.165, 1.54) is 0 Å². The molecule has 0 bridgehead atoms. The molecule has 1 aliphatic rings. The van der Waals surface area contributed by atoms with Crippen LogP contribution in [-0.2, 0) is 4.79 Å². The molecule has 0 aliphatic carbocycles. The summed E-state index contributed by atoms with van der Waals surface area (Å²) in [4.78, 5) is 14.3. The van der Waals surface area contributed by atoms with Crippen molar-refractivity contribution in [2.45, 2.75) is 31.7 Å². The highest BCUT2D eigenvalue weighted by atomic mass is 16.5. The molecule has 1 N–H and O–H groups in total. The number of ether oxygens (including phenoxy) is 2. The Morgan fingerprint density at radius 1 is 1.30 bits per heavy atom. The molecule has 1 amide bonds. The predicted octanol–water partition coefficient (Wildman–Crippen LogP) is 2.48. The Labute approximate surface area is 137 Å². The van der Waals surface area contributed by atoms with Crippen molar-refractivity contribution in [3.63, 3.8) is 0 Å². The molecule has 2 rings (SSSR count). The smallest absolute Gasteiger partial charge is 0.246 e. The molecule has 0 aromatic heterocycles. The Hall–Kier alpha value is -2.01. The summed E-state index contributed by atoms with van der Waals surface area (Å²) in [5.74, 6) is 1.30. The number of nitrogens with zero attached hydrogens (tertiary/aromatic N) is 1. The maximum absolute atomic E-state index is 12.4. The number of amides is 1. The van der Waals surface area contributed by atoms with Gasteiger partial charge in [-0.15, -0.1) is 0 Å². The Bertz CT molecular complexity index is 554. The third-order valence-electron chi connectivity index (χ3n) is 4.20. The fourth-order valence-electron chi connectivity index (χ4n) is 2.96. The first-order chi connectivity index (χ1) is 11.2. The van der Waals surface area contributed by atoms with Gasteiger partial charge in [0.15, 0.2) is 11.5 Å². The molecule has 1 heterocycles. The van der Waals surface area contributed by atoms with E-state index in [2.05, 4.69) is 0 Å². The molecular weight excluding hydrogens is 294 g/mol. The summed E-state index contributed by atoms with van der Waals surface area (Å²) in [5.41, 5.74) is 0.881. The second-order valence-corrected chi connectivity index (χ2v) is 5.64. The molecule has 126 valence electrons. The zero-order valence-corrected chi connectivity index (χ0v) is 13.8. The van der Waals surface area contributed by atoms with Crippen molar-refractivity contribution in [1.82, 2.24) is 4.90 Å². The van der Waals surface area contributed by atoms with Crippen molar-refractivity contribution in [2.24, 2.45) is 0 Å². The molecule has 1 aliphatic heterocycles. The Kier molecular flexibility index (Phi) is 6.47. The third-order valence-corrected chi connectivity index (χ3v) is 4.20. The zero-order chi connectivity index (χ0) is 16.7. The molecule has 1 saturated heterocycles. The van der Waals surface area contributed by atoms with Gasteiger partial charge in [0, 0.05) is 25.3 Å². The number of rotatable bonds is 6. The standard InChI is InChI=1S/C18H25NO4/c1-22-16-8-6-14(13-17(16)23-2)7-9-18(21)19-11-4-3-5-15(19)10-12-20/h6-9,13,15,20H,3-5,10-12H2,1-2H3/b9-7+. The van der Waals surface area contributed by atoms with Crippen molar-refractivity contribution < 1.29 is 19.4 Å². The van der Waals surface area contributed by atoms with Crippen LogP contribution in [0.1, 0.15) is 31.2 Å².